The third-order valence-electron chi connectivity index (χ3n) is 4.63. The van der Waals surface area contributed by atoms with Crippen molar-refractivity contribution in [1.82, 2.24) is 9.80 Å². The lowest BCUT2D eigenvalue weighted by Crippen LogP contribution is -2.50. The van der Waals surface area contributed by atoms with Gasteiger partial charge in [0.05, 0.1) is 5.25 Å². The molecular formula is C22H25BrN2OS. The Bertz CT molecular complexity index is 756. The van der Waals surface area contributed by atoms with Gasteiger partial charge in [0.15, 0.2) is 0 Å². The van der Waals surface area contributed by atoms with Gasteiger partial charge in [-0.25, -0.2) is 0 Å². The first-order chi connectivity index (χ1) is 13.1. The molecule has 1 saturated heterocycles. The Morgan fingerprint density at radius 2 is 1.74 bits per heavy atom. The minimum Gasteiger partial charge on any atom is -0.339 e. The summed E-state index contributed by atoms with van der Waals surface area (Å²) in [5.74, 6) is 0.238. The van der Waals surface area contributed by atoms with Crippen LogP contribution in [-0.2, 0) is 4.79 Å². The topological polar surface area (TPSA) is 23.6 Å². The van der Waals surface area contributed by atoms with Gasteiger partial charge in [-0.15, -0.1) is 11.8 Å². The zero-order chi connectivity index (χ0) is 19.1. The van der Waals surface area contributed by atoms with Crippen LogP contribution in [0.4, 0.5) is 0 Å². The maximum atomic E-state index is 12.7. The normalized spacial score (nSPS) is 16.6. The first-order valence-electron chi connectivity index (χ1n) is 9.27. The number of benzene rings is 2. The zero-order valence-electron chi connectivity index (χ0n) is 15.6. The number of hydrogen-bond donors (Lipinski definition) is 0. The van der Waals surface area contributed by atoms with E-state index in [0.29, 0.717) is 0 Å². The van der Waals surface area contributed by atoms with E-state index in [9.17, 15) is 4.79 Å². The molecular weight excluding hydrogens is 420 g/mol. The fourth-order valence-corrected chi connectivity index (χ4v) is 4.29. The van der Waals surface area contributed by atoms with Gasteiger partial charge >= 0.3 is 0 Å². The molecule has 3 rings (SSSR count). The molecule has 1 heterocycles. The summed E-state index contributed by atoms with van der Waals surface area (Å²) in [5, 5.41) is -0.0595. The fraction of sp³-hybridized carbons (Fsp3) is 0.318. The molecule has 0 saturated carbocycles. The molecule has 142 valence electrons. The van der Waals surface area contributed by atoms with Gasteiger partial charge in [0.2, 0.25) is 5.91 Å². The number of amides is 1. The van der Waals surface area contributed by atoms with Crippen LogP contribution < -0.4 is 0 Å². The molecule has 0 radical (unpaired) electrons. The van der Waals surface area contributed by atoms with E-state index < -0.39 is 0 Å². The highest BCUT2D eigenvalue weighted by Gasteiger charge is 2.25. The number of hydrogen-bond acceptors (Lipinski definition) is 3. The van der Waals surface area contributed by atoms with Crippen LogP contribution in [0.1, 0.15) is 12.5 Å². The van der Waals surface area contributed by atoms with E-state index in [1.54, 1.807) is 11.8 Å². The Hall–Kier alpha value is -1.56. The summed E-state index contributed by atoms with van der Waals surface area (Å²) < 4.78 is 1.06. The van der Waals surface area contributed by atoms with Gasteiger partial charge in [0.1, 0.15) is 0 Å². The van der Waals surface area contributed by atoms with E-state index >= 15 is 0 Å². The van der Waals surface area contributed by atoms with Crippen molar-refractivity contribution in [3.63, 3.8) is 0 Å². The van der Waals surface area contributed by atoms with Crippen LogP contribution >= 0.6 is 27.7 Å². The Morgan fingerprint density at radius 3 is 2.41 bits per heavy atom. The third-order valence-corrected chi connectivity index (χ3v) is 6.26. The lowest BCUT2D eigenvalue weighted by atomic mass is 10.2. The lowest BCUT2D eigenvalue weighted by Gasteiger charge is -2.35. The highest BCUT2D eigenvalue weighted by molar-refractivity contribution is 9.10. The molecule has 3 nitrogen and oxygen atoms in total. The van der Waals surface area contributed by atoms with Crippen LogP contribution in [0.15, 0.2) is 70.0 Å². The molecule has 0 spiro atoms. The summed E-state index contributed by atoms with van der Waals surface area (Å²) in [6.07, 6.45) is 4.37. The second kappa shape index (κ2) is 10.1. The molecule has 27 heavy (non-hydrogen) atoms. The van der Waals surface area contributed by atoms with Crippen LogP contribution in [0.25, 0.3) is 6.08 Å². The van der Waals surface area contributed by atoms with E-state index in [2.05, 4.69) is 69.4 Å². The predicted octanol–water partition coefficient (Wildman–Crippen LogP) is 4.79. The highest BCUT2D eigenvalue weighted by atomic mass is 79.9. The molecule has 2 aromatic rings. The van der Waals surface area contributed by atoms with E-state index in [-0.39, 0.29) is 11.2 Å². The Balaban J connectivity index is 1.43. The third kappa shape index (κ3) is 6.23. The van der Waals surface area contributed by atoms with Crippen molar-refractivity contribution in [2.75, 3.05) is 32.7 Å². The number of piperazine rings is 1. The van der Waals surface area contributed by atoms with Crippen molar-refractivity contribution < 1.29 is 4.79 Å². The molecule has 1 amide bonds. The van der Waals surface area contributed by atoms with Crippen molar-refractivity contribution >= 4 is 39.7 Å². The molecule has 2 aromatic carbocycles. The minimum atomic E-state index is -0.0595. The van der Waals surface area contributed by atoms with Crippen LogP contribution in [0.5, 0.6) is 0 Å². The maximum Gasteiger partial charge on any atom is 0.235 e. The number of carbonyl (C=O) groups is 1. The minimum absolute atomic E-state index is 0.0595. The number of nitrogens with zero attached hydrogens (tertiary/aromatic N) is 2. The van der Waals surface area contributed by atoms with Gasteiger partial charge in [-0.05, 0) is 36.8 Å². The summed E-state index contributed by atoms with van der Waals surface area (Å²) in [6.45, 7) is 6.41. The van der Waals surface area contributed by atoms with E-state index in [1.165, 1.54) is 5.56 Å². The molecule has 0 aromatic heterocycles. The van der Waals surface area contributed by atoms with Gasteiger partial charge in [-0.3, -0.25) is 9.69 Å². The largest absolute Gasteiger partial charge is 0.339 e. The smallest absolute Gasteiger partial charge is 0.235 e. The van der Waals surface area contributed by atoms with Gasteiger partial charge in [0, 0.05) is 42.1 Å². The number of rotatable bonds is 6. The molecule has 0 aliphatic carbocycles. The van der Waals surface area contributed by atoms with Crippen molar-refractivity contribution in [2.24, 2.45) is 0 Å². The molecule has 1 unspecified atom stereocenters. The van der Waals surface area contributed by atoms with Crippen LogP contribution in [0.2, 0.25) is 0 Å². The average molecular weight is 445 g/mol. The van der Waals surface area contributed by atoms with E-state index in [0.717, 1.165) is 42.1 Å². The van der Waals surface area contributed by atoms with Gasteiger partial charge in [-0.1, -0.05) is 58.4 Å². The Labute approximate surface area is 174 Å². The second-order valence-electron chi connectivity index (χ2n) is 6.65. The van der Waals surface area contributed by atoms with Crippen molar-refractivity contribution in [3.05, 3.63) is 70.7 Å². The first-order valence-corrected chi connectivity index (χ1v) is 10.9. The number of thioether (sulfide) groups is 1. The van der Waals surface area contributed by atoms with Crippen molar-refractivity contribution in [2.45, 2.75) is 17.1 Å². The standard InChI is InChI=1S/C22H25BrN2OS/c1-18(27-21-11-9-20(23)10-12-21)22(26)25-16-14-24(15-17-25)13-5-8-19-6-3-2-4-7-19/h2-12,18H,13-17H2,1H3/b8-5+. The molecule has 1 fully saturated rings. The summed E-state index contributed by atoms with van der Waals surface area (Å²) in [5.41, 5.74) is 1.23. The van der Waals surface area contributed by atoms with Gasteiger partial charge in [-0.2, -0.15) is 0 Å². The van der Waals surface area contributed by atoms with Crippen molar-refractivity contribution in [1.29, 1.82) is 0 Å². The van der Waals surface area contributed by atoms with E-state index in [4.69, 9.17) is 0 Å². The monoisotopic (exact) mass is 444 g/mol. The second-order valence-corrected chi connectivity index (χ2v) is 8.98. The summed E-state index contributed by atoms with van der Waals surface area (Å²) in [7, 11) is 0. The quantitative estimate of drug-likeness (QED) is 0.598. The van der Waals surface area contributed by atoms with Crippen molar-refractivity contribution in [3.8, 4) is 0 Å². The SMILES string of the molecule is CC(Sc1ccc(Br)cc1)C(=O)N1CCN(C/C=C/c2ccccc2)CC1. The zero-order valence-corrected chi connectivity index (χ0v) is 18.0. The summed E-state index contributed by atoms with van der Waals surface area (Å²) >= 11 is 5.08. The molecule has 0 bridgehead atoms. The summed E-state index contributed by atoms with van der Waals surface area (Å²) in [4.78, 5) is 18.3. The summed E-state index contributed by atoms with van der Waals surface area (Å²) in [6, 6.07) is 18.5. The van der Waals surface area contributed by atoms with Gasteiger partial charge in [0.25, 0.3) is 0 Å². The van der Waals surface area contributed by atoms with Crippen LogP contribution in [-0.4, -0.2) is 53.7 Å². The highest BCUT2D eigenvalue weighted by Crippen LogP contribution is 2.26. The fourth-order valence-electron chi connectivity index (χ4n) is 3.08. The molecule has 1 aliphatic rings. The molecule has 1 atom stereocenters. The van der Waals surface area contributed by atoms with Crippen LogP contribution in [0.3, 0.4) is 0 Å². The van der Waals surface area contributed by atoms with E-state index in [1.807, 2.05) is 30.0 Å². The van der Waals surface area contributed by atoms with Gasteiger partial charge < -0.3 is 4.90 Å². The molecule has 1 aliphatic heterocycles. The Kier molecular flexibility index (Phi) is 7.56. The molecule has 5 heteroatoms. The van der Waals surface area contributed by atoms with Crippen LogP contribution in [0, 0.1) is 0 Å². The number of carbonyl (C=O) groups excluding carboxylic acids is 1. The number of halogens is 1. The average Bonchev–Trinajstić information content (AvgIpc) is 2.70. The predicted molar refractivity (Wildman–Crippen MR) is 118 cm³/mol. The first kappa shape index (κ1) is 20.2. The molecule has 0 N–H and O–H groups in total. The Morgan fingerprint density at radius 1 is 1.07 bits per heavy atom. The lowest BCUT2D eigenvalue weighted by molar-refractivity contribution is -0.131. The maximum absolute atomic E-state index is 12.7.